The number of nitrogens with one attached hydrogen (secondary N) is 1. The Balaban J connectivity index is 1.42. The smallest absolute Gasteiger partial charge is 0.408 e. The Labute approximate surface area is 258 Å². The van der Waals surface area contributed by atoms with Crippen LogP contribution in [0.2, 0.25) is 5.02 Å². The largest absolute Gasteiger partial charge is 0.480 e. The third kappa shape index (κ3) is 6.54. The molecule has 45 heavy (non-hydrogen) atoms. The number of alkyl halides is 3. The van der Waals surface area contributed by atoms with Gasteiger partial charge in [-0.2, -0.15) is 18.4 Å². The number of aliphatic carboxylic acids is 1. The molecule has 1 aromatic heterocycles. The van der Waals surface area contributed by atoms with Gasteiger partial charge in [-0.1, -0.05) is 35.9 Å². The number of benzene rings is 3. The SMILES string of the molecule is N#Cc1ccc(-c2ccc(C[C@H](NC(=O)c3c(F)cc(N4CCCC[C@@H]4C(F)(F)F)cc3F)C(=O)O)c3cccnc23)c(Cl)c1. The second kappa shape index (κ2) is 12.7. The molecule has 3 aromatic carbocycles. The maximum atomic E-state index is 15.1. The lowest BCUT2D eigenvalue weighted by molar-refractivity contribution is -0.152. The van der Waals surface area contributed by atoms with E-state index in [4.69, 9.17) is 16.9 Å². The molecular formula is C32H24ClF5N4O3. The van der Waals surface area contributed by atoms with Crippen LogP contribution in [0.5, 0.6) is 0 Å². The normalized spacial score (nSPS) is 15.8. The van der Waals surface area contributed by atoms with E-state index in [1.54, 1.807) is 36.4 Å². The fraction of sp³-hybridized carbons (Fsp3) is 0.250. The lowest BCUT2D eigenvalue weighted by Gasteiger charge is -2.38. The number of aromatic nitrogens is 1. The number of pyridine rings is 1. The molecule has 1 fully saturated rings. The molecule has 1 aliphatic heterocycles. The first kappa shape index (κ1) is 31.7. The molecule has 0 radical (unpaired) electrons. The van der Waals surface area contributed by atoms with Gasteiger partial charge in [-0.05, 0) is 55.2 Å². The number of hydrogen-bond acceptors (Lipinski definition) is 5. The van der Waals surface area contributed by atoms with Crippen LogP contribution in [0.25, 0.3) is 22.0 Å². The molecule has 0 aliphatic carbocycles. The zero-order valence-electron chi connectivity index (χ0n) is 23.3. The van der Waals surface area contributed by atoms with Crippen molar-refractivity contribution in [3.05, 3.63) is 94.1 Å². The number of nitrogens with zero attached hydrogens (tertiary/aromatic N) is 3. The summed E-state index contributed by atoms with van der Waals surface area (Å²) in [4.78, 5) is 30.5. The van der Waals surface area contributed by atoms with E-state index in [-0.39, 0.29) is 25.1 Å². The number of rotatable bonds is 7. The highest BCUT2D eigenvalue weighted by Crippen LogP contribution is 2.37. The van der Waals surface area contributed by atoms with Crippen LogP contribution in [0.1, 0.15) is 40.7 Å². The Hall–Kier alpha value is -4.76. The van der Waals surface area contributed by atoms with Gasteiger partial charge < -0.3 is 15.3 Å². The van der Waals surface area contributed by atoms with Crippen LogP contribution in [0.4, 0.5) is 27.6 Å². The summed E-state index contributed by atoms with van der Waals surface area (Å²) in [5.74, 6) is -5.70. The van der Waals surface area contributed by atoms with E-state index in [0.29, 0.717) is 63.2 Å². The number of carboxylic acids is 1. The Morgan fingerprint density at radius 1 is 1.09 bits per heavy atom. The van der Waals surface area contributed by atoms with Crippen molar-refractivity contribution in [3.8, 4) is 17.2 Å². The quantitative estimate of drug-likeness (QED) is 0.209. The first-order valence-corrected chi connectivity index (χ1v) is 14.2. The highest BCUT2D eigenvalue weighted by atomic mass is 35.5. The Morgan fingerprint density at radius 2 is 1.80 bits per heavy atom. The van der Waals surface area contributed by atoms with E-state index in [0.717, 1.165) is 4.90 Å². The van der Waals surface area contributed by atoms with Crippen LogP contribution in [-0.4, -0.2) is 46.8 Å². The summed E-state index contributed by atoms with van der Waals surface area (Å²) >= 11 is 6.41. The Kier molecular flexibility index (Phi) is 8.93. The predicted octanol–water partition coefficient (Wildman–Crippen LogP) is 7.05. The van der Waals surface area contributed by atoms with Crippen molar-refractivity contribution in [2.75, 3.05) is 11.4 Å². The molecule has 5 rings (SSSR count). The van der Waals surface area contributed by atoms with Gasteiger partial charge in [-0.3, -0.25) is 9.78 Å². The van der Waals surface area contributed by atoms with Gasteiger partial charge in [0.15, 0.2) is 0 Å². The second-order valence-corrected chi connectivity index (χ2v) is 11.0. The van der Waals surface area contributed by atoms with Crippen molar-refractivity contribution in [2.24, 2.45) is 0 Å². The maximum Gasteiger partial charge on any atom is 0.408 e. The molecule has 1 aliphatic rings. The molecule has 0 bridgehead atoms. The third-order valence-electron chi connectivity index (χ3n) is 7.74. The number of anilines is 1. The Morgan fingerprint density at radius 3 is 2.44 bits per heavy atom. The number of carbonyl (C=O) groups is 2. The first-order valence-electron chi connectivity index (χ1n) is 13.8. The number of amides is 1. The lowest BCUT2D eigenvalue weighted by atomic mass is 9.94. The molecule has 2 N–H and O–H groups in total. The van der Waals surface area contributed by atoms with Crippen molar-refractivity contribution >= 4 is 40.1 Å². The van der Waals surface area contributed by atoms with Gasteiger partial charge in [0.05, 0.1) is 17.1 Å². The average Bonchev–Trinajstić information content (AvgIpc) is 3.00. The molecule has 7 nitrogen and oxygen atoms in total. The first-order chi connectivity index (χ1) is 21.4. The minimum Gasteiger partial charge on any atom is -0.480 e. The van der Waals surface area contributed by atoms with Gasteiger partial charge in [0.2, 0.25) is 0 Å². The summed E-state index contributed by atoms with van der Waals surface area (Å²) in [6.07, 6.45) is -2.93. The standard InChI is InChI=1S/C32H24ClF5N4O3/c33-23-12-17(16-39)6-8-21(23)22-9-7-18(20-4-3-10-40-29(20)22)13-26(31(44)45)41-30(43)28-24(34)14-19(15-25(28)35)42-11-2-1-5-27(42)32(36,37)38/h3-4,6-10,12,14-15,26-27H,1-2,5,11,13H2,(H,41,43)(H,44,45)/t26-,27+/m0/s1. The number of hydrogen-bond donors (Lipinski definition) is 2. The van der Waals surface area contributed by atoms with E-state index in [1.165, 1.54) is 12.3 Å². The molecule has 0 saturated carbocycles. The van der Waals surface area contributed by atoms with Gasteiger partial charge in [0.1, 0.15) is 29.3 Å². The molecule has 4 aromatic rings. The summed E-state index contributed by atoms with van der Waals surface area (Å²) in [6.45, 7) is -0.0747. The minimum absolute atomic E-state index is 0.0747. The summed E-state index contributed by atoms with van der Waals surface area (Å²) in [7, 11) is 0. The van der Waals surface area contributed by atoms with Gasteiger partial charge in [0.25, 0.3) is 5.91 Å². The fourth-order valence-electron chi connectivity index (χ4n) is 5.60. The van der Waals surface area contributed by atoms with Crippen molar-refractivity contribution < 1.29 is 36.6 Å². The summed E-state index contributed by atoms with van der Waals surface area (Å²) in [5.41, 5.74) is 0.971. The highest BCUT2D eigenvalue weighted by molar-refractivity contribution is 6.33. The van der Waals surface area contributed by atoms with E-state index < -0.39 is 47.3 Å². The third-order valence-corrected chi connectivity index (χ3v) is 8.05. The van der Waals surface area contributed by atoms with Crippen LogP contribution < -0.4 is 10.2 Å². The molecule has 13 heteroatoms. The van der Waals surface area contributed by atoms with Crippen molar-refractivity contribution in [1.82, 2.24) is 10.3 Å². The molecular weight excluding hydrogens is 619 g/mol. The van der Waals surface area contributed by atoms with Crippen LogP contribution in [0.15, 0.2) is 60.8 Å². The molecule has 1 saturated heterocycles. The molecule has 232 valence electrons. The summed E-state index contributed by atoms with van der Waals surface area (Å²) in [6, 6.07) is 11.1. The zero-order chi connectivity index (χ0) is 32.5. The van der Waals surface area contributed by atoms with E-state index in [2.05, 4.69) is 10.3 Å². The van der Waals surface area contributed by atoms with Crippen LogP contribution >= 0.6 is 11.6 Å². The Bertz CT molecular complexity index is 1820. The van der Waals surface area contributed by atoms with Crippen molar-refractivity contribution in [3.63, 3.8) is 0 Å². The summed E-state index contributed by atoms with van der Waals surface area (Å²) < 4.78 is 70.9. The van der Waals surface area contributed by atoms with Gasteiger partial charge in [-0.25, -0.2) is 13.6 Å². The zero-order valence-corrected chi connectivity index (χ0v) is 24.1. The van der Waals surface area contributed by atoms with Gasteiger partial charge in [0, 0.05) is 46.4 Å². The molecule has 0 spiro atoms. The molecule has 2 heterocycles. The number of carboxylic acid groups (broad SMARTS) is 1. The monoisotopic (exact) mass is 642 g/mol. The molecule has 1 amide bonds. The van der Waals surface area contributed by atoms with E-state index in [1.807, 2.05) is 6.07 Å². The summed E-state index contributed by atoms with van der Waals surface area (Å²) in [5, 5.41) is 22.0. The van der Waals surface area contributed by atoms with Gasteiger partial charge >= 0.3 is 12.1 Å². The van der Waals surface area contributed by atoms with Crippen LogP contribution in [0.3, 0.4) is 0 Å². The minimum atomic E-state index is -4.62. The predicted molar refractivity (Wildman–Crippen MR) is 157 cm³/mol. The topological polar surface area (TPSA) is 106 Å². The van der Waals surface area contributed by atoms with Crippen LogP contribution in [0, 0.1) is 23.0 Å². The van der Waals surface area contributed by atoms with E-state index in [9.17, 15) is 27.9 Å². The number of nitriles is 1. The number of piperidine rings is 1. The van der Waals surface area contributed by atoms with Crippen molar-refractivity contribution in [1.29, 1.82) is 5.26 Å². The maximum absolute atomic E-state index is 15.1. The van der Waals surface area contributed by atoms with Crippen LogP contribution in [-0.2, 0) is 11.2 Å². The highest BCUT2D eigenvalue weighted by Gasteiger charge is 2.45. The molecule has 2 atom stereocenters. The van der Waals surface area contributed by atoms with E-state index >= 15 is 8.78 Å². The molecule has 0 unspecified atom stereocenters. The number of fused-ring (bicyclic) bond motifs is 1. The lowest BCUT2D eigenvalue weighted by Crippen LogP contribution is -2.49. The van der Waals surface area contributed by atoms with Gasteiger partial charge in [-0.15, -0.1) is 0 Å². The number of halogens is 6. The van der Waals surface area contributed by atoms with Crippen molar-refractivity contribution in [2.45, 2.75) is 43.9 Å². The fourth-order valence-corrected chi connectivity index (χ4v) is 5.89. The number of carbonyl (C=O) groups excluding carboxylic acids is 1. The second-order valence-electron chi connectivity index (χ2n) is 10.6. The average molecular weight is 643 g/mol.